The molecule has 3 amide bonds. The Morgan fingerprint density at radius 3 is 1.95 bits per heavy atom. The largest absolute Gasteiger partial charge is 0.481 e. The Bertz CT molecular complexity index is 460. The Balaban J connectivity index is 2.68. The molecule has 0 aliphatic carbocycles. The van der Waals surface area contributed by atoms with E-state index in [2.05, 4.69) is 0 Å². The second-order valence-corrected chi connectivity index (χ2v) is 5.44. The maximum absolute atomic E-state index is 12.2. The maximum Gasteiger partial charge on any atom is 0.327 e. The van der Waals surface area contributed by atoms with Gasteiger partial charge in [0.15, 0.2) is 0 Å². The van der Waals surface area contributed by atoms with E-state index in [1.54, 1.807) is 13.8 Å². The highest BCUT2D eigenvalue weighted by Crippen LogP contribution is 2.28. The highest BCUT2D eigenvalue weighted by atomic mass is 16.4. The Morgan fingerprint density at radius 1 is 1.00 bits per heavy atom. The molecule has 0 radical (unpaired) electrons. The molecule has 1 saturated heterocycles. The molecule has 2 N–H and O–H groups in total. The minimum atomic E-state index is -1.03. The predicted molar refractivity (Wildman–Crippen MR) is 71.6 cm³/mol. The number of rotatable bonds is 8. The van der Waals surface area contributed by atoms with Crippen LogP contribution < -0.4 is 0 Å². The zero-order valence-electron chi connectivity index (χ0n) is 12.2. The van der Waals surface area contributed by atoms with E-state index < -0.39 is 23.5 Å². The van der Waals surface area contributed by atoms with Crippen molar-refractivity contribution in [2.75, 3.05) is 13.1 Å². The van der Waals surface area contributed by atoms with Gasteiger partial charge in [0.05, 0.1) is 0 Å². The van der Waals surface area contributed by atoms with Crippen molar-refractivity contribution >= 4 is 23.9 Å². The van der Waals surface area contributed by atoms with Crippen LogP contribution in [0.3, 0.4) is 0 Å². The molecule has 8 nitrogen and oxygen atoms in total. The topological polar surface area (TPSA) is 115 Å². The summed E-state index contributed by atoms with van der Waals surface area (Å²) in [5.74, 6) is -2.32. The van der Waals surface area contributed by atoms with Gasteiger partial charge in [0, 0.05) is 25.9 Å². The SMILES string of the molecule is CC1(C)C(=O)N(CCCC(=O)O)C(=O)N1CCCC(=O)O. The van der Waals surface area contributed by atoms with E-state index >= 15 is 0 Å². The van der Waals surface area contributed by atoms with Gasteiger partial charge in [-0.15, -0.1) is 0 Å². The summed E-state index contributed by atoms with van der Waals surface area (Å²) in [5.41, 5.74) is -1.03. The normalized spacial score (nSPS) is 17.4. The van der Waals surface area contributed by atoms with Crippen LogP contribution in [0.5, 0.6) is 0 Å². The maximum atomic E-state index is 12.2. The fourth-order valence-electron chi connectivity index (χ4n) is 2.27. The number of nitrogens with zero attached hydrogens (tertiary/aromatic N) is 2. The zero-order valence-corrected chi connectivity index (χ0v) is 12.2. The third kappa shape index (κ3) is 3.93. The van der Waals surface area contributed by atoms with Crippen LogP contribution in [0.15, 0.2) is 0 Å². The van der Waals surface area contributed by atoms with Crippen molar-refractivity contribution in [3.05, 3.63) is 0 Å². The fraction of sp³-hybridized carbons (Fsp3) is 0.692. The fourth-order valence-corrected chi connectivity index (χ4v) is 2.27. The minimum absolute atomic E-state index is 0.0584. The number of urea groups is 1. The molecule has 0 saturated carbocycles. The van der Waals surface area contributed by atoms with Gasteiger partial charge >= 0.3 is 18.0 Å². The first kappa shape index (κ1) is 16.9. The van der Waals surface area contributed by atoms with Crippen molar-refractivity contribution < 1.29 is 29.4 Å². The number of carboxylic acids is 2. The number of carbonyl (C=O) groups is 4. The molecule has 0 spiro atoms. The van der Waals surface area contributed by atoms with Crippen molar-refractivity contribution in [2.45, 2.75) is 45.1 Å². The lowest BCUT2D eigenvalue weighted by atomic mass is 10.0. The highest BCUT2D eigenvalue weighted by Gasteiger charge is 2.50. The van der Waals surface area contributed by atoms with E-state index in [-0.39, 0.29) is 44.7 Å². The van der Waals surface area contributed by atoms with Crippen LogP contribution in [-0.4, -0.2) is 62.5 Å². The van der Waals surface area contributed by atoms with Crippen LogP contribution in [0.4, 0.5) is 4.79 Å². The molecule has 1 heterocycles. The van der Waals surface area contributed by atoms with Gasteiger partial charge in [-0.05, 0) is 26.7 Å². The lowest BCUT2D eigenvalue weighted by Crippen LogP contribution is -2.44. The monoisotopic (exact) mass is 300 g/mol. The minimum Gasteiger partial charge on any atom is -0.481 e. The van der Waals surface area contributed by atoms with Gasteiger partial charge < -0.3 is 15.1 Å². The van der Waals surface area contributed by atoms with Crippen LogP contribution >= 0.6 is 0 Å². The molecule has 0 aromatic heterocycles. The molecule has 1 aliphatic heterocycles. The lowest BCUT2D eigenvalue weighted by molar-refractivity contribution is -0.138. The van der Waals surface area contributed by atoms with Crippen LogP contribution in [0, 0.1) is 0 Å². The molecule has 118 valence electrons. The van der Waals surface area contributed by atoms with E-state index in [0.29, 0.717) is 0 Å². The quantitative estimate of drug-likeness (QED) is 0.639. The second kappa shape index (κ2) is 6.55. The molecule has 0 atom stereocenters. The summed E-state index contributed by atoms with van der Waals surface area (Å²) in [6, 6.07) is -0.485. The summed E-state index contributed by atoms with van der Waals surface area (Å²) in [6.45, 7) is 3.44. The third-order valence-electron chi connectivity index (χ3n) is 3.45. The highest BCUT2D eigenvalue weighted by molar-refractivity contribution is 6.06. The number of carbonyl (C=O) groups excluding carboxylic acids is 2. The summed E-state index contributed by atoms with van der Waals surface area (Å²) < 4.78 is 0. The van der Waals surface area contributed by atoms with Crippen molar-refractivity contribution in [3.63, 3.8) is 0 Å². The summed E-state index contributed by atoms with van der Waals surface area (Å²) in [4.78, 5) is 47.8. The van der Waals surface area contributed by atoms with E-state index in [4.69, 9.17) is 10.2 Å². The van der Waals surface area contributed by atoms with Gasteiger partial charge in [-0.25, -0.2) is 4.79 Å². The Hall–Kier alpha value is -2.12. The molecule has 0 unspecified atom stereocenters. The number of amides is 3. The van der Waals surface area contributed by atoms with Gasteiger partial charge in [-0.2, -0.15) is 0 Å². The average Bonchev–Trinajstić information content (AvgIpc) is 2.51. The smallest absolute Gasteiger partial charge is 0.327 e. The van der Waals surface area contributed by atoms with Gasteiger partial charge in [0.25, 0.3) is 5.91 Å². The molecule has 0 bridgehead atoms. The first-order valence-corrected chi connectivity index (χ1v) is 6.75. The molecular weight excluding hydrogens is 280 g/mol. The average molecular weight is 300 g/mol. The first-order valence-electron chi connectivity index (χ1n) is 6.75. The predicted octanol–water partition coefficient (Wildman–Crippen LogP) is 0.759. The van der Waals surface area contributed by atoms with Crippen LogP contribution in [-0.2, 0) is 14.4 Å². The number of imide groups is 1. The molecule has 0 aromatic rings. The number of aliphatic carboxylic acids is 2. The van der Waals surface area contributed by atoms with Crippen LogP contribution in [0.25, 0.3) is 0 Å². The van der Waals surface area contributed by atoms with Crippen molar-refractivity contribution in [1.29, 1.82) is 0 Å². The van der Waals surface area contributed by atoms with Crippen molar-refractivity contribution in [1.82, 2.24) is 9.80 Å². The summed E-state index contributed by atoms with van der Waals surface area (Å²) in [7, 11) is 0. The second-order valence-electron chi connectivity index (χ2n) is 5.44. The number of hydrogen-bond acceptors (Lipinski definition) is 4. The molecule has 1 rings (SSSR count). The summed E-state index contributed by atoms with van der Waals surface area (Å²) in [5, 5.41) is 17.2. The van der Waals surface area contributed by atoms with Crippen molar-refractivity contribution in [2.24, 2.45) is 0 Å². The van der Waals surface area contributed by atoms with Gasteiger partial charge in [0.1, 0.15) is 5.54 Å². The molecule has 21 heavy (non-hydrogen) atoms. The Kier molecular flexibility index (Phi) is 5.28. The van der Waals surface area contributed by atoms with Gasteiger partial charge in [-0.1, -0.05) is 0 Å². The van der Waals surface area contributed by atoms with Crippen LogP contribution in [0.2, 0.25) is 0 Å². The molecule has 1 aliphatic rings. The summed E-state index contributed by atoms with van der Waals surface area (Å²) >= 11 is 0. The van der Waals surface area contributed by atoms with E-state index in [1.165, 1.54) is 4.90 Å². The van der Waals surface area contributed by atoms with Crippen molar-refractivity contribution in [3.8, 4) is 0 Å². The molecule has 1 fully saturated rings. The molecule has 8 heteroatoms. The Morgan fingerprint density at radius 2 is 1.48 bits per heavy atom. The number of carboxylic acid groups (broad SMARTS) is 2. The lowest BCUT2D eigenvalue weighted by Gasteiger charge is -2.27. The number of hydrogen-bond donors (Lipinski definition) is 2. The standard InChI is InChI=1S/C13H20N2O6/c1-13(2)11(20)14(7-3-5-9(16)17)12(21)15(13)8-4-6-10(18)19/h3-8H2,1-2H3,(H,16,17)(H,18,19). The first-order chi connectivity index (χ1) is 9.67. The van der Waals surface area contributed by atoms with Gasteiger partial charge in [0.2, 0.25) is 0 Å². The van der Waals surface area contributed by atoms with E-state index in [9.17, 15) is 19.2 Å². The zero-order chi connectivity index (χ0) is 16.2. The summed E-state index contributed by atoms with van der Waals surface area (Å²) in [6.07, 6.45) is 0.274. The molecule has 0 aromatic carbocycles. The van der Waals surface area contributed by atoms with Crippen LogP contribution in [0.1, 0.15) is 39.5 Å². The molecular formula is C13H20N2O6. The third-order valence-corrected chi connectivity index (χ3v) is 3.45. The van der Waals surface area contributed by atoms with Gasteiger partial charge in [-0.3, -0.25) is 19.3 Å². The Labute approximate surface area is 122 Å². The van der Waals surface area contributed by atoms with E-state index in [1.807, 2.05) is 0 Å². The van der Waals surface area contributed by atoms with E-state index in [0.717, 1.165) is 4.90 Å².